The number of nitrogens with two attached hydrogens (primary N) is 1. The minimum absolute atomic E-state index is 0.156. The van der Waals surface area contributed by atoms with Crippen LogP contribution in [-0.2, 0) is 11.4 Å². The molecule has 0 saturated heterocycles. The van der Waals surface area contributed by atoms with Gasteiger partial charge in [0, 0.05) is 10.5 Å². The molecule has 28 heavy (non-hydrogen) atoms. The van der Waals surface area contributed by atoms with Crippen LogP contribution in [0.1, 0.15) is 15.9 Å². The lowest BCUT2D eigenvalue weighted by Crippen LogP contribution is -2.14. The molecule has 5 nitrogen and oxygen atoms in total. The molecule has 0 aliphatic carbocycles. The molecule has 0 radical (unpaired) electrons. The van der Waals surface area contributed by atoms with Gasteiger partial charge in [-0.25, -0.2) is 0 Å². The Morgan fingerprint density at radius 3 is 2.29 bits per heavy atom. The number of amides is 2. The fourth-order valence-electron chi connectivity index (χ4n) is 2.47. The van der Waals surface area contributed by atoms with E-state index >= 15 is 0 Å². The molecule has 0 bridgehead atoms. The third-order valence-corrected chi connectivity index (χ3v) is 4.97. The monoisotopic (exact) mass is 392 g/mol. The van der Waals surface area contributed by atoms with Gasteiger partial charge in [-0.3, -0.25) is 9.59 Å². The fourth-order valence-corrected chi connectivity index (χ4v) is 3.22. The first kappa shape index (κ1) is 19.5. The Labute approximate surface area is 167 Å². The van der Waals surface area contributed by atoms with E-state index in [0.717, 1.165) is 16.2 Å². The van der Waals surface area contributed by atoms with Crippen LogP contribution in [0, 0.1) is 0 Å². The van der Waals surface area contributed by atoms with Crippen molar-refractivity contribution >= 4 is 29.3 Å². The van der Waals surface area contributed by atoms with Crippen LogP contribution in [0.4, 0.5) is 5.69 Å². The van der Waals surface area contributed by atoms with Crippen molar-refractivity contribution in [2.24, 2.45) is 5.73 Å². The van der Waals surface area contributed by atoms with Gasteiger partial charge in [0.15, 0.2) is 0 Å². The Hall–Kier alpha value is -3.25. The van der Waals surface area contributed by atoms with Gasteiger partial charge in [-0.2, -0.15) is 0 Å². The number of benzene rings is 3. The number of nitrogens with one attached hydrogen (secondary N) is 1. The zero-order chi connectivity index (χ0) is 19.8. The molecule has 0 heterocycles. The molecule has 3 aromatic rings. The van der Waals surface area contributed by atoms with Crippen molar-refractivity contribution in [1.82, 2.24) is 0 Å². The van der Waals surface area contributed by atoms with E-state index in [0.29, 0.717) is 17.9 Å². The van der Waals surface area contributed by atoms with Crippen LogP contribution in [0.5, 0.6) is 5.75 Å². The van der Waals surface area contributed by atoms with Crippen molar-refractivity contribution in [3.63, 3.8) is 0 Å². The molecule has 0 atom stereocenters. The van der Waals surface area contributed by atoms with E-state index in [1.165, 1.54) is 11.8 Å². The summed E-state index contributed by atoms with van der Waals surface area (Å²) in [4.78, 5) is 24.4. The summed E-state index contributed by atoms with van der Waals surface area (Å²) < 4.78 is 5.71. The van der Waals surface area contributed by atoms with Gasteiger partial charge in [0.25, 0.3) is 5.91 Å². The lowest BCUT2D eigenvalue weighted by atomic mass is 10.1. The Kier molecular flexibility index (Phi) is 6.70. The predicted octanol–water partition coefficient (Wildman–Crippen LogP) is 4.10. The van der Waals surface area contributed by atoms with E-state index in [1.807, 2.05) is 60.7 Å². The molecule has 0 fully saturated rings. The average Bonchev–Trinajstić information content (AvgIpc) is 2.72. The molecule has 3 rings (SSSR count). The molecule has 142 valence electrons. The standard InChI is InChI=1S/C22H20N2O3S/c23-21(25)15-28-20-9-5-4-8-19(20)24-22(26)17-12-10-16(11-13-17)14-27-18-6-2-1-3-7-18/h1-13H,14-15H2,(H2,23,25)(H,24,26). The number of ether oxygens (including phenoxy) is 1. The molecule has 3 aromatic carbocycles. The smallest absolute Gasteiger partial charge is 0.255 e. The quantitative estimate of drug-likeness (QED) is 0.566. The summed E-state index contributed by atoms with van der Waals surface area (Å²) in [5.74, 6) is 0.333. The highest BCUT2D eigenvalue weighted by Gasteiger charge is 2.10. The summed E-state index contributed by atoms with van der Waals surface area (Å²) in [6, 6.07) is 24.1. The second kappa shape index (κ2) is 9.62. The number of para-hydroxylation sites is 2. The first-order chi connectivity index (χ1) is 13.6. The molecule has 0 saturated carbocycles. The maximum absolute atomic E-state index is 12.6. The Bertz CT molecular complexity index is 944. The van der Waals surface area contributed by atoms with Crippen molar-refractivity contribution in [1.29, 1.82) is 0 Å². The third-order valence-electron chi connectivity index (χ3n) is 3.87. The zero-order valence-electron chi connectivity index (χ0n) is 15.1. The normalized spacial score (nSPS) is 10.3. The maximum Gasteiger partial charge on any atom is 0.255 e. The Morgan fingerprint density at radius 2 is 1.57 bits per heavy atom. The molecule has 3 N–H and O–H groups in total. The predicted molar refractivity (Wildman–Crippen MR) is 112 cm³/mol. The van der Waals surface area contributed by atoms with Crippen molar-refractivity contribution < 1.29 is 14.3 Å². The van der Waals surface area contributed by atoms with Gasteiger partial charge >= 0.3 is 0 Å². The molecule has 2 amide bonds. The number of carbonyl (C=O) groups excluding carboxylic acids is 2. The summed E-state index contributed by atoms with van der Waals surface area (Å²) in [5, 5.41) is 2.88. The van der Waals surface area contributed by atoms with E-state index in [4.69, 9.17) is 10.5 Å². The van der Waals surface area contributed by atoms with Gasteiger partial charge in [-0.1, -0.05) is 42.5 Å². The van der Waals surface area contributed by atoms with Crippen LogP contribution in [0.25, 0.3) is 0 Å². The number of carbonyl (C=O) groups is 2. The molecule has 0 aliphatic heterocycles. The fraction of sp³-hybridized carbons (Fsp3) is 0.0909. The third kappa shape index (κ3) is 5.62. The Balaban J connectivity index is 1.61. The van der Waals surface area contributed by atoms with Gasteiger partial charge in [0.05, 0.1) is 11.4 Å². The van der Waals surface area contributed by atoms with Gasteiger partial charge in [0.2, 0.25) is 5.91 Å². The van der Waals surface area contributed by atoms with E-state index in [1.54, 1.807) is 18.2 Å². The zero-order valence-corrected chi connectivity index (χ0v) is 15.9. The van der Waals surface area contributed by atoms with Crippen molar-refractivity contribution in [3.8, 4) is 5.75 Å². The summed E-state index contributed by atoms with van der Waals surface area (Å²) in [6.45, 7) is 0.429. The van der Waals surface area contributed by atoms with Crippen LogP contribution in [0.15, 0.2) is 83.8 Å². The molecule has 0 unspecified atom stereocenters. The second-order valence-corrected chi connectivity index (χ2v) is 7.02. The number of hydrogen-bond donors (Lipinski definition) is 2. The summed E-state index contributed by atoms with van der Waals surface area (Å²) in [7, 11) is 0. The minimum atomic E-state index is -0.403. The topological polar surface area (TPSA) is 81.4 Å². The summed E-state index contributed by atoms with van der Waals surface area (Å²) >= 11 is 1.29. The second-order valence-electron chi connectivity index (χ2n) is 6.00. The van der Waals surface area contributed by atoms with Crippen molar-refractivity contribution in [2.75, 3.05) is 11.1 Å². The minimum Gasteiger partial charge on any atom is -0.489 e. The van der Waals surface area contributed by atoms with Crippen molar-refractivity contribution in [2.45, 2.75) is 11.5 Å². The molecular formula is C22H20N2O3S. The van der Waals surface area contributed by atoms with Crippen LogP contribution in [0.3, 0.4) is 0 Å². The van der Waals surface area contributed by atoms with E-state index in [-0.39, 0.29) is 11.7 Å². The number of anilines is 1. The number of hydrogen-bond acceptors (Lipinski definition) is 4. The highest BCUT2D eigenvalue weighted by Crippen LogP contribution is 2.27. The maximum atomic E-state index is 12.6. The lowest BCUT2D eigenvalue weighted by Gasteiger charge is -2.11. The highest BCUT2D eigenvalue weighted by molar-refractivity contribution is 8.00. The largest absolute Gasteiger partial charge is 0.489 e. The van der Waals surface area contributed by atoms with Crippen molar-refractivity contribution in [3.05, 3.63) is 90.0 Å². The van der Waals surface area contributed by atoms with Gasteiger partial charge in [0.1, 0.15) is 12.4 Å². The molecule has 0 aromatic heterocycles. The SMILES string of the molecule is NC(=O)CSc1ccccc1NC(=O)c1ccc(COc2ccccc2)cc1. The molecule has 0 aliphatic rings. The average molecular weight is 392 g/mol. The Morgan fingerprint density at radius 1 is 0.893 bits per heavy atom. The van der Waals surface area contributed by atoms with Gasteiger partial charge in [-0.05, 0) is 42.0 Å². The molecule has 0 spiro atoms. The summed E-state index contributed by atoms with van der Waals surface area (Å²) in [5.41, 5.74) is 7.36. The van der Waals surface area contributed by atoms with E-state index < -0.39 is 5.91 Å². The first-order valence-electron chi connectivity index (χ1n) is 8.70. The highest BCUT2D eigenvalue weighted by atomic mass is 32.2. The molecule has 6 heteroatoms. The van der Waals surface area contributed by atoms with Gasteiger partial charge < -0.3 is 15.8 Å². The van der Waals surface area contributed by atoms with Crippen LogP contribution < -0.4 is 15.8 Å². The van der Waals surface area contributed by atoms with Gasteiger partial charge in [-0.15, -0.1) is 11.8 Å². The lowest BCUT2D eigenvalue weighted by molar-refractivity contribution is -0.115. The molecular weight excluding hydrogens is 372 g/mol. The van der Waals surface area contributed by atoms with E-state index in [9.17, 15) is 9.59 Å². The number of rotatable bonds is 8. The number of primary amides is 1. The van der Waals surface area contributed by atoms with Crippen LogP contribution in [-0.4, -0.2) is 17.6 Å². The van der Waals surface area contributed by atoms with Crippen LogP contribution in [0.2, 0.25) is 0 Å². The van der Waals surface area contributed by atoms with E-state index in [2.05, 4.69) is 5.32 Å². The first-order valence-corrected chi connectivity index (χ1v) is 9.68. The summed E-state index contributed by atoms with van der Waals surface area (Å²) in [6.07, 6.45) is 0. The van der Waals surface area contributed by atoms with Crippen LogP contribution >= 0.6 is 11.8 Å². The number of thioether (sulfide) groups is 1.